The highest BCUT2D eigenvalue weighted by Gasteiger charge is 2.23. The number of aromatic carboxylic acids is 1. The van der Waals surface area contributed by atoms with Crippen LogP contribution in [-0.4, -0.2) is 27.7 Å². The Kier molecular flexibility index (Phi) is 3.42. The van der Waals surface area contributed by atoms with E-state index in [4.69, 9.17) is 10.5 Å². The smallest absolute Gasteiger partial charge is 0.365 e. The molecule has 7 heteroatoms. The molecule has 0 amide bonds. The van der Waals surface area contributed by atoms with Gasteiger partial charge in [-0.25, -0.2) is 14.8 Å². The van der Waals surface area contributed by atoms with E-state index < -0.39 is 5.97 Å². The van der Waals surface area contributed by atoms with Crippen molar-refractivity contribution in [2.75, 3.05) is 12.3 Å². The lowest BCUT2D eigenvalue weighted by molar-refractivity contribution is 0.0696. The first-order chi connectivity index (χ1) is 11.6. The van der Waals surface area contributed by atoms with Gasteiger partial charge in [0.1, 0.15) is 11.6 Å². The molecule has 120 valence electrons. The average Bonchev–Trinajstić information content (AvgIpc) is 2.93. The second-order valence-electron chi connectivity index (χ2n) is 5.38. The number of anilines is 1. The highest BCUT2D eigenvalue weighted by molar-refractivity contribution is 7.14. The Hall–Kier alpha value is -2.93. The number of pyridine rings is 1. The van der Waals surface area contributed by atoms with Crippen LogP contribution in [0.15, 0.2) is 36.5 Å². The maximum atomic E-state index is 11.2. The van der Waals surface area contributed by atoms with Crippen molar-refractivity contribution in [1.29, 1.82) is 0 Å². The number of nitrogen functional groups attached to an aromatic ring is 1. The topological polar surface area (TPSA) is 98.3 Å². The molecule has 0 aliphatic carbocycles. The maximum Gasteiger partial charge on any atom is 0.365 e. The van der Waals surface area contributed by atoms with Crippen molar-refractivity contribution in [3.63, 3.8) is 0 Å². The van der Waals surface area contributed by atoms with E-state index in [-0.39, 0.29) is 5.01 Å². The van der Waals surface area contributed by atoms with Gasteiger partial charge in [0, 0.05) is 28.6 Å². The van der Waals surface area contributed by atoms with E-state index >= 15 is 0 Å². The summed E-state index contributed by atoms with van der Waals surface area (Å²) in [5.41, 5.74) is 9.00. The second kappa shape index (κ2) is 5.61. The zero-order valence-electron chi connectivity index (χ0n) is 12.5. The molecule has 24 heavy (non-hydrogen) atoms. The molecule has 0 saturated heterocycles. The van der Waals surface area contributed by atoms with Crippen LogP contribution >= 0.6 is 11.3 Å². The van der Waals surface area contributed by atoms with Crippen molar-refractivity contribution in [1.82, 2.24) is 9.97 Å². The lowest BCUT2D eigenvalue weighted by atomic mass is 10.0. The first-order valence-electron chi connectivity index (χ1n) is 7.34. The van der Waals surface area contributed by atoms with Gasteiger partial charge >= 0.3 is 5.97 Å². The summed E-state index contributed by atoms with van der Waals surface area (Å²) in [6.45, 7) is 0.504. The predicted molar refractivity (Wildman–Crippen MR) is 91.4 cm³/mol. The molecule has 1 aliphatic rings. The van der Waals surface area contributed by atoms with Crippen molar-refractivity contribution in [3.8, 4) is 28.1 Å². The van der Waals surface area contributed by atoms with Gasteiger partial charge in [0.05, 0.1) is 12.3 Å². The lowest BCUT2D eigenvalue weighted by Gasteiger charge is -2.09. The molecular weight excluding hydrogens is 326 g/mol. The number of nitrogens with zero attached hydrogens (tertiary/aromatic N) is 2. The molecule has 0 saturated carbocycles. The lowest BCUT2D eigenvalue weighted by Crippen LogP contribution is -1.98. The van der Waals surface area contributed by atoms with Gasteiger partial charge in [-0.3, -0.25) is 0 Å². The van der Waals surface area contributed by atoms with E-state index in [1.165, 1.54) is 11.3 Å². The van der Waals surface area contributed by atoms with E-state index in [2.05, 4.69) is 9.97 Å². The number of carboxylic acid groups (broad SMARTS) is 1. The van der Waals surface area contributed by atoms with E-state index in [0.717, 1.165) is 21.6 Å². The molecule has 0 spiro atoms. The molecule has 3 heterocycles. The molecule has 0 atom stereocenters. The average molecular weight is 339 g/mol. The second-order valence-corrected chi connectivity index (χ2v) is 6.46. The van der Waals surface area contributed by atoms with Crippen molar-refractivity contribution >= 4 is 23.1 Å². The third kappa shape index (κ3) is 2.48. The van der Waals surface area contributed by atoms with Crippen LogP contribution in [0.4, 0.5) is 5.82 Å². The Morgan fingerprint density at radius 2 is 2.08 bits per heavy atom. The standard InChI is InChI=1S/C17H13N3O3S/c18-14-4-2-10(8-19-14)9-1-3-12-11(7-9)15-13(5-6-23-12)24-16(20-15)17(21)22/h1-4,7-8H,5-6H2,(H2,18,19)(H,21,22). The zero-order chi connectivity index (χ0) is 16.7. The van der Waals surface area contributed by atoms with E-state index in [0.29, 0.717) is 30.3 Å². The summed E-state index contributed by atoms with van der Waals surface area (Å²) in [7, 11) is 0. The molecule has 1 aliphatic heterocycles. The van der Waals surface area contributed by atoms with Gasteiger partial charge in [-0.2, -0.15) is 0 Å². The fraction of sp³-hybridized carbons (Fsp3) is 0.118. The van der Waals surface area contributed by atoms with Crippen LogP contribution < -0.4 is 10.5 Å². The van der Waals surface area contributed by atoms with Crippen molar-refractivity contribution in [2.24, 2.45) is 0 Å². The molecule has 4 rings (SSSR count). The molecule has 0 bridgehead atoms. The number of rotatable bonds is 2. The molecule has 0 fully saturated rings. The number of thiazole rings is 1. The number of aromatic nitrogens is 2. The Balaban J connectivity index is 1.86. The Morgan fingerprint density at radius 1 is 1.25 bits per heavy atom. The monoisotopic (exact) mass is 339 g/mol. The minimum Gasteiger partial charge on any atom is -0.493 e. The first kappa shape index (κ1) is 14.6. The quantitative estimate of drug-likeness (QED) is 0.744. The zero-order valence-corrected chi connectivity index (χ0v) is 13.3. The maximum absolute atomic E-state index is 11.2. The molecule has 0 radical (unpaired) electrons. The van der Waals surface area contributed by atoms with Crippen molar-refractivity contribution in [2.45, 2.75) is 6.42 Å². The molecule has 3 aromatic rings. The summed E-state index contributed by atoms with van der Waals surface area (Å²) in [5, 5.41) is 9.31. The highest BCUT2D eigenvalue weighted by atomic mass is 32.1. The number of hydrogen-bond acceptors (Lipinski definition) is 6. The Morgan fingerprint density at radius 3 is 2.83 bits per heavy atom. The van der Waals surface area contributed by atoms with Crippen LogP contribution in [0.3, 0.4) is 0 Å². The minimum absolute atomic E-state index is 0.104. The van der Waals surface area contributed by atoms with E-state index in [1.54, 1.807) is 12.3 Å². The Bertz CT molecular complexity index is 935. The van der Waals surface area contributed by atoms with Crippen LogP contribution in [0.2, 0.25) is 0 Å². The normalized spacial score (nSPS) is 12.7. The first-order valence-corrected chi connectivity index (χ1v) is 8.15. The highest BCUT2D eigenvalue weighted by Crippen LogP contribution is 2.39. The predicted octanol–water partition coefficient (Wildman–Crippen LogP) is 3.09. The SMILES string of the molecule is Nc1ccc(-c2ccc3c(c2)-c2nc(C(=O)O)sc2CCO3)cn1. The summed E-state index contributed by atoms with van der Waals surface area (Å²) in [6, 6.07) is 9.43. The van der Waals surface area contributed by atoms with Gasteiger partial charge in [-0.15, -0.1) is 11.3 Å². The summed E-state index contributed by atoms with van der Waals surface area (Å²) in [6.07, 6.45) is 2.35. The number of carboxylic acids is 1. The fourth-order valence-electron chi connectivity index (χ4n) is 2.67. The number of nitrogens with two attached hydrogens (primary N) is 1. The third-order valence-electron chi connectivity index (χ3n) is 3.82. The molecule has 0 unspecified atom stereocenters. The van der Waals surface area contributed by atoms with Gasteiger partial charge in [0.25, 0.3) is 0 Å². The largest absolute Gasteiger partial charge is 0.493 e. The van der Waals surface area contributed by atoms with Crippen LogP contribution in [0.25, 0.3) is 22.4 Å². The summed E-state index contributed by atoms with van der Waals surface area (Å²) in [4.78, 5) is 20.6. The van der Waals surface area contributed by atoms with E-state index in [1.807, 2.05) is 24.3 Å². The fourth-order valence-corrected chi connectivity index (χ4v) is 3.57. The van der Waals surface area contributed by atoms with Crippen LogP contribution in [0.5, 0.6) is 5.75 Å². The molecule has 6 nitrogen and oxygen atoms in total. The number of carbonyl (C=O) groups is 1. The number of hydrogen-bond donors (Lipinski definition) is 2. The molecule has 2 aromatic heterocycles. The number of fused-ring (bicyclic) bond motifs is 3. The third-order valence-corrected chi connectivity index (χ3v) is 4.92. The molecule has 3 N–H and O–H groups in total. The minimum atomic E-state index is -1.01. The van der Waals surface area contributed by atoms with Gasteiger partial charge in [-0.05, 0) is 29.8 Å². The number of ether oxygens (including phenoxy) is 1. The summed E-state index contributed by atoms with van der Waals surface area (Å²) < 4.78 is 5.78. The molecule has 1 aromatic carbocycles. The Labute approximate surface area is 141 Å². The summed E-state index contributed by atoms with van der Waals surface area (Å²) >= 11 is 1.20. The van der Waals surface area contributed by atoms with Gasteiger partial charge in [-0.1, -0.05) is 6.07 Å². The number of benzene rings is 1. The van der Waals surface area contributed by atoms with Gasteiger partial charge in [0.2, 0.25) is 5.01 Å². The van der Waals surface area contributed by atoms with E-state index in [9.17, 15) is 9.90 Å². The van der Waals surface area contributed by atoms with Gasteiger partial charge < -0.3 is 15.6 Å². The van der Waals surface area contributed by atoms with Crippen LogP contribution in [-0.2, 0) is 6.42 Å². The van der Waals surface area contributed by atoms with Crippen LogP contribution in [0, 0.1) is 0 Å². The van der Waals surface area contributed by atoms with Crippen molar-refractivity contribution < 1.29 is 14.6 Å². The van der Waals surface area contributed by atoms with Gasteiger partial charge in [0.15, 0.2) is 0 Å². The van der Waals surface area contributed by atoms with Crippen LogP contribution in [0.1, 0.15) is 14.7 Å². The summed E-state index contributed by atoms with van der Waals surface area (Å²) in [5.74, 6) is 0.169. The van der Waals surface area contributed by atoms with Crippen molar-refractivity contribution in [3.05, 3.63) is 46.4 Å². The molecular formula is C17H13N3O3S.